The quantitative estimate of drug-likeness (QED) is 0.425. The molecule has 4 heterocycles. The number of anilines is 2. The Morgan fingerprint density at radius 1 is 1.22 bits per heavy atom. The molecular weight excluding hydrogens is 434 g/mol. The van der Waals surface area contributed by atoms with Gasteiger partial charge in [-0.2, -0.15) is 10.1 Å². The van der Waals surface area contributed by atoms with Crippen molar-refractivity contribution in [2.24, 2.45) is 0 Å². The van der Waals surface area contributed by atoms with Gasteiger partial charge in [0.1, 0.15) is 22.4 Å². The Hall–Kier alpha value is -3.87. The van der Waals surface area contributed by atoms with Crippen molar-refractivity contribution in [1.82, 2.24) is 39.9 Å². The maximum atomic E-state index is 12.8. The van der Waals surface area contributed by atoms with Gasteiger partial charge in [-0.05, 0) is 6.07 Å². The van der Waals surface area contributed by atoms with Gasteiger partial charge >= 0.3 is 0 Å². The number of hydrogen-bond donors (Lipinski definition) is 2. The van der Waals surface area contributed by atoms with E-state index in [1.54, 1.807) is 27.3 Å². The highest BCUT2D eigenvalue weighted by molar-refractivity contribution is 7.19. The molecule has 0 aromatic carbocycles. The largest absolute Gasteiger partial charge is 0.479 e. The number of fused-ring (bicyclic) bond motifs is 2. The van der Waals surface area contributed by atoms with Crippen LogP contribution in [-0.2, 0) is 4.79 Å². The lowest BCUT2D eigenvalue weighted by molar-refractivity contribution is -0.128. The van der Waals surface area contributed by atoms with Crippen molar-refractivity contribution in [3.8, 4) is 5.88 Å². The van der Waals surface area contributed by atoms with Crippen molar-refractivity contribution in [3.05, 3.63) is 23.6 Å². The summed E-state index contributed by atoms with van der Waals surface area (Å²) < 4.78 is 5.37. The molecule has 0 aliphatic carbocycles. The number of aromatic nitrogens is 6. The van der Waals surface area contributed by atoms with E-state index in [9.17, 15) is 9.59 Å². The van der Waals surface area contributed by atoms with Gasteiger partial charge in [0.15, 0.2) is 16.5 Å². The van der Waals surface area contributed by atoms with Crippen LogP contribution in [-0.4, -0.2) is 86.5 Å². The van der Waals surface area contributed by atoms with Gasteiger partial charge in [-0.1, -0.05) is 11.3 Å². The average Bonchev–Trinajstić information content (AvgIpc) is 3.42. The molecule has 0 unspecified atom stereocenters. The Labute approximate surface area is 186 Å². The first-order chi connectivity index (χ1) is 15.4. The molecule has 4 rings (SSSR count). The van der Waals surface area contributed by atoms with Crippen LogP contribution in [0.2, 0.25) is 0 Å². The minimum Gasteiger partial charge on any atom is -0.479 e. The Bertz CT molecular complexity index is 1300. The molecule has 0 saturated carbocycles. The minimum absolute atomic E-state index is 0.0524. The Balaban J connectivity index is 1.60. The van der Waals surface area contributed by atoms with Gasteiger partial charge in [-0.15, -0.1) is 0 Å². The van der Waals surface area contributed by atoms with Crippen LogP contribution in [0.5, 0.6) is 5.88 Å². The fraction of sp³-hybridized carbons (Fsp3) is 0.316. The average molecular weight is 456 g/mol. The number of methoxy groups -OCH3 is 1. The van der Waals surface area contributed by atoms with Gasteiger partial charge in [0, 0.05) is 39.5 Å². The zero-order valence-corrected chi connectivity index (χ0v) is 18.7. The molecule has 0 saturated heterocycles. The summed E-state index contributed by atoms with van der Waals surface area (Å²) in [7, 11) is 6.51. The third kappa shape index (κ3) is 4.14. The molecule has 0 bridgehead atoms. The van der Waals surface area contributed by atoms with E-state index in [0.717, 1.165) is 16.7 Å². The fourth-order valence-electron chi connectivity index (χ4n) is 2.92. The molecule has 0 aliphatic heterocycles. The summed E-state index contributed by atoms with van der Waals surface area (Å²) in [4.78, 5) is 45.5. The molecule has 0 fully saturated rings. The third-order valence-corrected chi connectivity index (χ3v) is 5.67. The van der Waals surface area contributed by atoms with Crippen LogP contribution in [0.1, 0.15) is 16.2 Å². The number of carbonyl (C=O) groups excluding carboxylic acids is 2. The Morgan fingerprint density at radius 2 is 2.03 bits per heavy atom. The number of aromatic amines is 1. The maximum Gasteiger partial charge on any atom is 0.282 e. The van der Waals surface area contributed by atoms with Crippen LogP contribution in [0.25, 0.3) is 21.4 Å². The highest BCUT2D eigenvalue weighted by Gasteiger charge is 2.21. The highest BCUT2D eigenvalue weighted by Crippen LogP contribution is 2.32. The maximum absolute atomic E-state index is 12.8. The van der Waals surface area contributed by atoms with E-state index in [-0.39, 0.29) is 29.8 Å². The molecule has 166 valence electrons. The van der Waals surface area contributed by atoms with E-state index in [2.05, 4.69) is 35.5 Å². The van der Waals surface area contributed by atoms with E-state index in [1.807, 2.05) is 6.07 Å². The molecule has 2 amide bonds. The summed E-state index contributed by atoms with van der Waals surface area (Å²) in [6.45, 7) is 0.288. The van der Waals surface area contributed by atoms with Gasteiger partial charge in [-0.3, -0.25) is 14.7 Å². The van der Waals surface area contributed by atoms with Crippen LogP contribution in [0.4, 0.5) is 11.5 Å². The van der Waals surface area contributed by atoms with Crippen LogP contribution in [0.15, 0.2) is 18.6 Å². The first-order valence-corrected chi connectivity index (χ1v) is 10.4. The number of thiazole rings is 1. The Morgan fingerprint density at radius 3 is 2.78 bits per heavy atom. The van der Waals surface area contributed by atoms with Gasteiger partial charge < -0.3 is 19.9 Å². The summed E-state index contributed by atoms with van der Waals surface area (Å²) in [6.07, 6.45) is 3.28. The monoisotopic (exact) mass is 455 g/mol. The van der Waals surface area contributed by atoms with Crippen molar-refractivity contribution in [3.63, 3.8) is 0 Å². The lowest BCUT2D eigenvalue weighted by Crippen LogP contribution is -2.32. The van der Waals surface area contributed by atoms with Gasteiger partial charge in [0.05, 0.1) is 13.3 Å². The zero-order chi connectivity index (χ0) is 22.8. The lowest BCUT2D eigenvalue weighted by atomic mass is 10.3. The predicted octanol–water partition coefficient (Wildman–Crippen LogP) is 1.66. The van der Waals surface area contributed by atoms with Crippen molar-refractivity contribution in [2.75, 3.05) is 40.1 Å². The SMILES string of the molecule is COc1nc2[nH]ncc2cc1Nc1ncnc2sc(C(=O)N(C)CCC(=O)N(C)C)nc12. The van der Waals surface area contributed by atoms with E-state index in [1.165, 1.54) is 23.2 Å². The van der Waals surface area contributed by atoms with Crippen LogP contribution < -0.4 is 10.1 Å². The molecule has 0 radical (unpaired) electrons. The lowest BCUT2D eigenvalue weighted by Gasteiger charge is -2.17. The molecule has 0 aliphatic rings. The van der Waals surface area contributed by atoms with Crippen molar-refractivity contribution in [2.45, 2.75) is 6.42 Å². The van der Waals surface area contributed by atoms with Crippen molar-refractivity contribution in [1.29, 1.82) is 0 Å². The molecule has 4 aromatic rings. The van der Waals surface area contributed by atoms with Crippen molar-refractivity contribution < 1.29 is 14.3 Å². The normalized spacial score (nSPS) is 11.0. The first-order valence-electron chi connectivity index (χ1n) is 9.59. The summed E-state index contributed by atoms with van der Waals surface area (Å²) in [5.74, 6) is 0.428. The number of amides is 2. The number of H-pyrrole nitrogens is 1. The van der Waals surface area contributed by atoms with Crippen molar-refractivity contribution >= 4 is 56.0 Å². The van der Waals surface area contributed by atoms with Crippen LogP contribution in [0.3, 0.4) is 0 Å². The van der Waals surface area contributed by atoms with E-state index >= 15 is 0 Å². The molecule has 0 atom stereocenters. The molecule has 13 heteroatoms. The van der Waals surface area contributed by atoms with Gasteiger partial charge in [0.25, 0.3) is 5.91 Å². The fourth-order valence-corrected chi connectivity index (χ4v) is 3.83. The molecule has 12 nitrogen and oxygen atoms in total. The molecular formula is C19H21N9O3S. The van der Waals surface area contributed by atoms with Gasteiger partial charge in [-0.25, -0.2) is 15.0 Å². The smallest absolute Gasteiger partial charge is 0.282 e. The summed E-state index contributed by atoms with van der Waals surface area (Å²) >= 11 is 1.16. The summed E-state index contributed by atoms with van der Waals surface area (Å²) in [5.41, 5.74) is 1.62. The topological polar surface area (TPSA) is 142 Å². The molecule has 32 heavy (non-hydrogen) atoms. The number of nitrogens with one attached hydrogen (secondary N) is 2. The number of ether oxygens (including phenoxy) is 1. The number of pyridine rings is 1. The van der Waals surface area contributed by atoms with E-state index in [4.69, 9.17) is 4.74 Å². The summed E-state index contributed by atoms with van der Waals surface area (Å²) in [5, 5.41) is 11.0. The second-order valence-electron chi connectivity index (χ2n) is 7.14. The predicted molar refractivity (Wildman–Crippen MR) is 119 cm³/mol. The molecule has 0 spiro atoms. The third-order valence-electron chi connectivity index (χ3n) is 4.72. The standard InChI is InChI=1S/C19H21N9O3S/c1-27(2)12(29)5-6-28(3)19(30)18-24-13-15(20-9-21-17(13)32-18)23-11-7-10-8-22-26-14(10)25-16(11)31-4/h7-9H,5-6H2,1-4H3,(H,20,21,23)(H,22,25,26). The minimum atomic E-state index is -0.287. The van der Waals surface area contributed by atoms with Gasteiger partial charge in [0.2, 0.25) is 11.8 Å². The van der Waals surface area contributed by atoms with E-state index < -0.39 is 0 Å². The second kappa shape index (κ2) is 8.70. The number of rotatable bonds is 7. The number of carbonyl (C=O) groups is 2. The zero-order valence-electron chi connectivity index (χ0n) is 17.9. The molecule has 4 aromatic heterocycles. The second-order valence-corrected chi connectivity index (χ2v) is 8.12. The number of hydrogen-bond acceptors (Lipinski definition) is 10. The highest BCUT2D eigenvalue weighted by atomic mass is 32.1. The van der Waals surface area contributed by atoms with E-state index in [0.29, 0.717) is 33.4 Å². The Kier molecular flexibility index (Phi) is 5.81. The van der Waals surface area contributed by atoms with Crippen LogP contribution in [0, 0.1) is 0 Å². The number of nitrogens with zero attached hydrogens (tertiary/aromatic N) is 7. The first kappa shape index (κ1) is 21.4. The summed E-state index contributed by atoms with van der Waals surface area (Å²) in [6, 6.07) is 1.83. The van der Waals surface area contributed by atoms with Crippen LogP contribution >= 0.6 is 11.3 Å². The molecule has 2 N–H and O–H groups in total.